The molecule has 2 bridgehead atoms. The number of hydrogen-bond donors (Lipinski definition) is 0. The van der Waals surface area contributed by atoms with Crippen molar-refractivity contribution >= 4 is 8.41 Å². The van der Waals surface area contributed by atoms with Gasteiger partial charge < -0.3 is 30.0 Å². The van der Waals surface area contributed by atoms with E-state index in [1.54, 1.807) is 0 Å². The zero-order chi connectivity index (χ0) is 25.2. The molecule has 6 rings (SSSR count). The van der Waals surface area contributed by atoms with Crippen LogP contribution in [-0.4, -0.2) is 205 Å². The summed E-state index contributed by atoms with van der Waals surface area (Å²) in [5, 5.41) is 0. The maximum atomic E-state index is 2.83. The molecule has 0 aromatic heterocycles. The van der Waals surface area contributed by atoms with Crippen LogP contribution in [0.15, 0.2) is 0 Å². The summed E-state index contributed by atoms with van der Waals surface area (Å²) in [6, 6.07) is 0. The summed E-state index contributed by atoms with van der Waals surface area (Å²) < 4.78 is 2.66. The molecule has 0 saturated carbocycles. The number of fused-ring (bicyclic) bond motifs is 3. The van der Waals surface area contributed by atoms with Crippen LogP contribution in [0.2, 0.25) is 0 Å². The van der Waals surface area contributed by atoms with Crippen molar-refractivity contribution in [3.8, 4) is 0 Å². The molecule has 10 heteroatoms. The van der Waals surface area contributed by atoms with Crippen LogP contribution in [0.25, 0.3) is 0 Å². The second kappa shape index (κ2) is 14.8. The molecule has 6 heterocycles. The first-order valence-electron chi connectivity index (χ1n) is 15.3. The summed E-state index contributed by atoms with van der Waals surface area (Å²) in [4.78, 5) is 16.0. The summed E-state index contributed by atoms with van der Waals surface area (Å²) in [6.45, 7) is 23.4. The third kappa shape index (κ3) is 7.77. The Bertz CT molecular complexity index is 669. The number of rotatable bonds is 0. The van der Waals surface area contributed by atoms with Gasteiger partial charge in [-0.2, -0.15) is 0 Å². The van der Waals surface area contributed by atoms with Crippen molar-refractivity contribution in [1.82, 2.24) is 29.4 Å². The van der Waals surface area contributed by atoms with Crippen molar-refractivity contribution < 1.29 is 39.9 Å². The summed E-state index contributed by atoms with van der Waals surface area (Å²) in [5.41, 5.74) is 0. The molecule has 0 spiro atoms. The Kier molecular flexibility index (Phi) is 12.9. The van der Waals surface area contributed by atoms with E-state index in [0.29, 0.717) is 0 Å². The van der Waals surface area contributed by atoms with E-state index in [9.17, 15) is 0 Å². The first kappa shape index (κ1) is 33.2. The number of hydrogen-bond acceptors (Lipinski definition) is 6. The summed E-state index contributed by atoms with van der Waals surface area (Å²) in [6.07, 6.45) is 7.02. The molecule has 6 unspecified atom stereocenters. The Balaban J connectivity index is 0.000000254. The van der Waals surface area contributed by atoms with Gasteiger partial charge >= 0.3 is 29.6 Å². The minimum atomic E-state index is 0. The van der Waals surface area contributed by atoms with E-state index in [2.05, 4.69) is 57.6 Å². The maximum Gasteiger partial charge on any atom is 1.00 e. The predicted octanol–water partition coefficient (Wildman–Crippen LogP) is -3.03. The quantitative estimate of drug-likeness (QED) is 0.239. The van der Waals surface area contributed by atoms with Gasteiger partial charge in [-0.15, -0.1) is 0 Å². The molecule has 6 fully saturated rings. The Morgan fingerprint density at radius 1 is 0.474 bits per heavy atom. The molecule has 0 aromatic rings. The van der Waals surface area contributed by atoms with E-state index >= 15 is 0 Å². The van der Waals surface area contributed by atoms with Crippen molar-refractivity contribution in [2.45, 2.75) is 38.0 Å². The molecule has 0 aromatic carbocycles. The minimum Gasteiger partial charge on any atom is -1.00 e. The summed E-state index contributed by atoms with van der Waals surface area (Å²) in [5.74, 6) is 0. The van der Waals surface area contributed by atoms with Gasteiger partial charge in [0.1, 0.15) is 0 Å². The maximum absolute atomic E-state index is 2.83. The fourth-order valence-electron chi connectivity index (χ4n) is 8.23. The first-order valence-corrected chi connectivity index (χ1v) is 15.3. The normalized spacial score (nSPS) is 41.4. The third-order valence-electron chi connectivity index (χ3n) is 10.7. The average molecular weight is 542 g/mol. The summed E-state index contributed by atoms with van der Waals surface area (Å²) >= 11 is 0. The molecule has 0 amide bonds. The second-order valence-electron chi connectivity index (χ2n) is 13.5. The van der Waals surface area contributed by atoms with E-state index in [1.165, 1.54) is 152 Å². The average Bonchev–Trinajstić information content (AvgIpc) is 2.87. The summed E-state index contributed by atoms with van der Waals surface area (Å²) in [7, 11) is 9.59. The molecule has 8 nitrogen and oxygen atoms in total. The van der Waals surface area contributed by atoms with E-state index in [0.717, 1.165) is 12.3 Å². The van der Waals surface area contributed by atoms with Crippen molar-refractivity contribution in [2.24, 2.45) is 0 Å². The van der Waals surface area contributed by atoms with Gasteiger partial charge in [0.15, 0.2) is 0 Å². The van der Waals surface area contributed by atoms with Gasteiger partial charge in [0, 0.05) is 73.6 Å². The zero-order valence-electron chi connectivity index (χ0n) is 26.9. The van der Waals surface area contributed by atoms with Crippen molar-refractivity contribution in [2.75, 3.05) is 146 Å². The Labute approximate surface area is 260 Å². The van der Waals surface area contributed by atoms with E-state index < -0.39 is 0 Å². The third-order valence-corrected chi connectivity index (χ3v) is 10.7. The van der Waals surface area contributed by atoms with E-state index in [4.69, 9.17) is 0 Å². The molecule has 6 aliphatic heterocycles. The van der Waals surface area contributed by atoms with Gasteiger partial charge in [-0.05, 0) is 53.1 Å². The largest absolute Gasteiger partial charge is 1.00 e. The minimum absolute atomic E-state index is 0. The fourth-order valence-corrected chi connectivity index (χ4v) is 8.23. The molecule has 0 aliphatic carbocycles. The number of likely N-dealkylation sites (N-methyl/N-ethyl adjacent to an activating group) is 4. The van der Waals surface area contributed by atoms with Crippen LogP contribution in [-0.2, 0) is 0 Å². The van der Waals surface area contributed by atoms with E-state index in [-0.39, 0.29) is 39.4 Å². The van der Waals surface area contributed by atoms with Gasteiger partial charge in [-0.1, -0.05) is 0 Å². The molecule has 6 aliphatic rings. The topological polar surface area (TPSA) is 19.4 Å². The van der Waals surface area contributed by atoms with Gasteiger partial charge in [0.2, 0.25) is 12.3 Å². The molecule has 6 saturated heterocycles. The van der Waals surface area contributed by atoms with E-state index in [1.807, 2.05) is 0 Å². The molecule has 0 N–H and O–H groups in total. The van der Waals surface area contributed by atoms with Crippen LogP contribution < -0.4 is 29.6 Å². The van der Waals surface area contributed by atoms with Gasteiger partial charge in [-0.3, -0.25) is 0 Å². The smallest absolute Gasteiger partial charge is 1.00 e. The van der Waals surface area contributed by atoms with Crippen LogP contribution in [0.1, 0.15) is 27.1 Å². The molecular formula is C28H59BN8Na+2. The van der Waals surface area contributed by atoms with Gasteiger partial charge in [0.25, 0.3) is 0 Å². The van der Waals surface area contributed by atoms with Crippen LogP contribution >= 0.6 is 0 Å². The van der Waals surface area contributed by atoms with Crippen LogP contribution in [0.5, 0.6) is 0 Å². The Morgan fingerprint density at radius 2 is 0.868 bits per heavy atom. The fraction of sp³-hybridized carbons (Fsp3) is 1.00. The Hall–Kier alpha value is 0.745. The van der Waals surface area contributed by atoms with Crippen molar-refractivity contribution in [1.29, 1.82) is 0 Å². The molecule has 38 heavy (non-hydrogen) atoms. The van der Waals surface area contributed by atoms with Crippen LogP contribution in [0.4, 0.5) is 0 Å². The molecule has 213 valence electrons. The second-order valence-corrected chi connectivity index (χ2v) is 13.5. The molecule has 6 atom stereocenters. The van der Waals surface area contributed by atoms with Crippen LogP contribution in [0.3, 0.4) is 0 Å². The van der Waals surface area contributed by atoms with Crippen LogP contribution in [0, 0.1) is 0 Å². The van der Waals surface area contributed by atoms with Gasteiger partial charge in [-0.25, -0.2) is 9.80 Å². The van der Waals surface area contributed by atoms with Crippen molar-refractivity contribution in [3.05, 3.63) is 0 Å². The van der Waals surface area contributed by atoms with Gasteiger partial charge in [0.05, 0.1) is 53.4 Å². The monoisotopic (exact) mass is 541 g/mol. The SMILES string of the molecule is CN1CCCN2CCN(C)CCCN(CC1)CC2.C[N+]12CCCN3CC[N+]4(C)CCCN(CC1)C4C32.[B].[H-].[Na+]. The van der Waals surface area contributed by atoms with Crippen molar-refractivity contribution in [3.63, 3.8) is 0 Å². The predicted molar refractivity (Wildman–Crippen MR) is 156 cm³/mol. The number of quaternary nitrogens is 2. The molecular weight excluding hydrogens is 482 g/mol. The standard InChI is InChI=1S/C14H28N4.C14H30N4.B.Na.H/c1-17-9-3-5-15-8-12-18(2)10-4-6-16(7-11-17)14(18)13(15)17;1-15-5-3-7-18-12-10-16(2)6-4-8-17(11-9-15)13-14-18;;;/h13-14H,3-12H2,1-2H3;3-14H2,1-2H3;;;/q+2;;;+1;-1. The first-order chi connectivity index (χ1) is 17.4. The number of nitrogens with zero attached hydrogens (tertiary/aromatic N) is 8. The zero-order valence-corrected chi connectivity index (χ0v) is 27.9. The molecule has 3 radical (unpaired) electrons. The number of piperazine rings is 2. The Morgan fingerprint density at radius 3 is 1.29 bits per heavy atom.